The predicted octanol–water partition coefficient (Wildman–Crippen LogP) is 6.11. The van der Waals surface area contributed by atoms with Crippen LogP contribution >= 0.6 is 11.6 Å². The van der Waals surface area contributed by atoms with E-state index in [1.165, 1.54) is 21.8 Å². The lowest BCUT2D eigenvalue weighted by Gasteiger charge is -2.10. The lowest BCUT2D eigenvalue weighted by Crippen LogP contribution is -2.11. The van der Waals surface area contributed by atoms with Crippen molar-refractivity contribution < 1.29 is 9.47 Å². The van der Waals surface area contributed by atoms with Gasteiger partial charge in [-0.05, 0) is 42.3 Å². The minimum Gasteiger partial charge on any atom is -0.491 e. The summed E-state index contributed by atoms with van der Waals surface area (Å²) in [7, 11) is 0. The molecule has 0 aliphatic carbocycles. The molecule has 0 amide bonds. The Hall–Kier alpha value is -2.49. The molecule has 4 aromatic rings. The van der Waals surface area contributed by atoms with Crippen LogP contribution in [0.25, 0.3) is 21.8 Å². The number of ether oxygens (including phenoxy) is 2. The summed E-state index contributed by atoms with van der Waals surface area (Å²) in [6.45, 7) is 4.63. The van der Waals surface area contributed by atoms with E-state index in [0.29, 0.717) is 19.8 Å². The van der Waals surface area contributed by atoms with Crippen molar-refractivity contribution in [2.75, 3.05) is 19.8 Å². The van der Waals surface area contributed by atoms with Gasteiger partial charge in [-0.3, -0.25) is 0 Å². The number of benzene rings is 3. The van der Waals surface area contributed by atoms with E-state index in [2.05, 4.69) is 60.0 Å². The molecule has 0 N–H and O–H groups in total. The van der Waals surface area contributed by atoms with Gasteiger partial charge in [-0.15, -0.1) is 0 Å². The zero-order chi connectivity index (χ0) is 19.3. The van der Waals surface area contributed by atoms with E-state index in [-0.39, 0.29) is 0 Å². The molecule has 4 rings (SSSR count). The van der Waals surface area contributed by atoms with Gasteiger partial charge in [0.1, 0.15) is 12.4 Å². The minimum absolute atomic E-state index is 0.526. The number of hydrogen-bond acceptors (Lipinski definition) is 2. The molecule has 0 aliphatic rings. The fourth-order valence-electron chi connectivity index (χ4n) is 3.63. The van der Waals surface area contributed by atoms with Gasteiger partial charge >= 0.3 is 0 Å². The molecule has 0 saturated carbocycles. The quantitative estimate of drug-likeness (QED) is 0.337. The number of nitrogens with zero attached hydrogens (tertiary/aromatic N) is 1. The molecular formula is C24H24ClNO2. The Labute approximate surface area is 170 Å². The molecule has 3 aromatic carbocycles. The molecule has 0 unspecified atom stereocenters. The van der Waals surface area contributed by atoms with E-state index in [1.54, 1.807) is 0 Å². The van der Waals surface area contributed by atoms with Crippen molar-refractivity contribution in [1.82, 2.24) is 4.57 Å². The molecule has 144 valence electrons. The Kier molecular flexibility index (Phi) is 5.84. The number of hydrogen-bond donors (Lipinski definition) is 0. The lowest BCUT2D eigenvalue weighted by molar-refractivity contribution is 0.0954. The summed E-state index contributed by atoms with van der Waals surface area (Å²) in [6.07, 6.45) is 0.894. The van der Waals surface area contributed by atoms with Crippen LogP contribution in [0, 0.1) is 0 Å². The summed E-state index contributed by atoms with van der Waals surface area (Å²) in [4.78, 5) is 0. The number of halogens is 1. The maximum absolute atomic E-state index is 6.15. The molecule has 0 bridgehead atoms. The average Bonchev–Trinajstić information content (AvgIpc) is 3.06. The van der Waals surface area contributed by atoms with Crippen LogP contribution in [0.3, 0.4) is 0 Å². The van der Waals surface area contributed by atoms with Crippen LogP contribution in [0.15, 0.2) is 66.7 Å². The van der Waals surface area contributed by atoms with Gasteiger partial charge in [-0.2, -0.15) is 0 Å². The maximum atomic E-state index is 6.15. The van der Waals surface area contributed by atoms with E-state index in [9.17, 15) is 0 Å². The molecule has 4 heteroatoms. The number of aromatic nitrogens is 1. The number of fused-ring (bicyclic) bond motifs is 3. The number of para-hydroxylation sites is 2. The molecule has 28 heavy (non-hydrogen) atoms. The van der Waals surface area contributed by atoms with Crippen LogP contribution < -0.4 is 4.74 Å². The van der Waals surface area contributed by atoms with E-state index in [1.807, 2.05) is 18.2 Å². The van der Waals surface area contributed by atoms with Crippen molar-refractivity contribution in [2.24, 2.45) is 0 Å². The summed E-state index contributed by atoms with van der Waals surface area (Å²) in [5, 5.41) is 3.36. The van der Waals surface area contributed by atoms with Crippen LogP contribution in [0.2, 0.25) is 5.02 Å². The van der Waals surface area contributed by atoms with E-state index >= 15 is 0 Å². The normalized spacial score (nSPS) is 11.4. The third kappa shape index (κ3) is 3.87. The first kappa shape index (κ1) is 18.9. The number of rotatable bonds is 8. The molecular weight excluding hydrogens is 370 g/mol. The lowest BCUT2D eigenvalue weighted by atomic mass is 10.1. The third-order valence-electron chi connectivity index (χ3n) is 5.03. The van der Waals surface area contributed by atoms with Gasteiger partial charge in [0, 0.05) is 33.4 Å². The zero-order valence-corrected chi connectivity index (χ0v) is 16.8. The summed E-state index contributed by atoms with van der Waals surface area (Å²) in [6, 6.07) is 22.8. The summed E-state index contributed by atoms with van der Waals surface area (Å²) < 4.78 is 14.0. The van der Waals surface area contributed by atoms with Crippen molar-refractivity contribution in [1.29, 1.82) is 0 Å². The fraction of sp³-hybridized carbons (Fsp3) is 0.250. The largest absolute Gasteiger partial charge is 0.491 e. The first-order valence-corrected chi connectivity index (χ1v) is 10.1. The van der Waals surface area contributed by atoms with E-state index < -0.39 is 0 Å². The second-order valence-electron chi connectivity index (χ2n) is 6.75. The van der Waals surface area contributed by atoms with Gasteiger partial charge in [0.05, 0.1) is 13.2 Å². The van der Waals surface area contributed by atoms with Gasteiger partial charge in [0.15, 0.2) is 0 Å². The highest BCUT2D eigenvalue weighted by molar-refractivity contribution is 6.31. The van der Waals surface area contributed by atoms with Crippen molar-refractivity contribution in [3.05, 3.63) is 77.3 Å². The van der Waals surface area contributed by atoms with Crippen LogP contribution in [-0.2, 0) is 17.7 Å². The van der Waals surface area contributed by atoms with Crippen molar-refractivity contribution in [3.8, 4) is 5.75 Å². The second-order valence-corrected chi connectivity index (χ2v) is 7.16. The molecule has 1 aromatic heterocycles. The fourth-order valence-corrected chi connectivity index (χ4v) is 3.88. The highest BCUT2D eigenvalue weighted by Crippen LogP contribution is 2.28. The van der Waals surface area contributed by atoms with Gasteiger partial charge in [-0.25, -0.2) is 0 Å². The van der Waals surface area contributed by atoms with Gasteiger partial charge in [0.2, 0.25) is 0 Å². The van der Waals surface area contributed by atoms with Gasteiger partial charge < -0.3 is 14.0 Å². The summed E-state index contributed by atoms with van der Waals surface area (Å²) in [5.41, 5.74) is 3.60. The Morgan fingerprint density at radius 3 is 2.18 bits per heavy atom. The smallest absolute Gasteiger partial charge is 0.119 e. The Morgan fingerprint density at radius 1 is 0.821 bits per heavy atom. The maximum Gasteiger partial charge on any atom is 0.119 e. The SMILES string of the molecule is CCc1cc(OCCOCCn2c3ccccc3c3ccccc32)ccc1Cl. The van der Waals surface area contributed by atoms with Crippen LogP contribution in [0.1, 0.15) is 12.5 Å². The first-order valence-electron chi connectivity index (χ1n) is 9.73. The topological polar surface area (TPSA) is 23.4 Å². The molecule has 3 nitrogen and oxygen atoms in total. The third-order valence-corrected chi connectivity index (χ3v) is 5.40. The molecule has 0 fully saturated rings. The average molecular weight is 394 g/mol. The molecule has 1 heterocycles. The van der Waals surface area contributed by atoms with Crippen LogP contribution in [0.4, 0.5) is 0 Å². The van der Waals surface area contributed by atoms with E-state index in [4.69, 9.17) is 21.1 Å². The molecule has 0 spiro atoms. The number of aryl methyl sites for hydroxylation is 1. The molecule has 0 atom stereocenters. The molecule has 0 saturated heterocycles. The first-order chi connectivity index (χ1) is 13.8. The van der Waals surface area contributed by atoms with Gasteiger partial charge in [-0.1, -0.05) is 54.9 Å². The van der Waals surface area contributed by atoms with Crippen molar-refractivity contribution in [3.63, 3.8) is 0 Å². The van der Waals surface area contributed by atoms with E-state index in [0.717, 1.165) is 29.3 Å². The highest BCUT2D eigenvalue weighted by atomic mass is 35.5. The van der Waals surface area contributed by atoms with Crippen LogP contribution in [-0.4, -0.2) is 24.4 Å². The zero-order valence-electron chi connectivity index (χ0n) is 16.0. The minimum atomic E-state index is 0.526. The highest BCUT2D eigenvalue weighted by Gasteiger charge is 2.09. The Balaban J connectivity index is 1.33. The predicted molar refractivity (Wildman–Crippen MR) is 117 cm³/mol. The summed E-state index contributed by atoms with van der Waals surface area (Å²) >= 11 is 6.15. The Morgan fingerprint density at radius 2 is 1.50 bits per heavy atom. The van der Waals surface area contributed by atoms with Crippen LogP contribution in [0.5, 0.6) is 5.75 Å². The monoisotopic (exact) mass is 393 g/mol. The van der Waals surface area contributed by atoms with Crippen molar-refractivity contribution >= 4 is 33.4 Å². The summed E-state index contributed by atoms with van der Waals surface area (Å²) in [5.74, 6) is 0.840. The standard InChI is InChI=1S/C24H24ClNO2/c1-2-18-17-19(11-12-22(18)25)28-16-15-27-14-13-26-23-9-5-3-7-20(23)21-8-4-6-10-24(21)26/h3-12,17H,2,13-16H2,1H3. The van der Waals surface area contributed by atoms with Crippen molar-refractivity contribution in [2.45, 2.75) is 19.9 Å². The molecule has 0 radical (unpaired) electrons. The molecule has 0 aliphatic heterocycles. The second kappa shape index (κ2) is 8.68. The Bertz CT molecular complexity index is 1030. The van der Waals surface area contributed by atoms with Gasteiger partial charge in [0.25, 0.3) is 0 Å².